The van der Waals surface area contributed by atoms with Gasteiger partial charge in [-0.2, -0.15) is 0 Å². The van der Waals surface area contributed by atoms with Gasteiger partial charge in [0.2, 0.25) is 0 Å². The smallest absolute Gasteiger partial charge is 0.308 e. The van der Waals surface area contributed by atoms with Crippen molar-refractivity contribution in [2.45, 2.75) is 6.92 Å². The summed E-state index contributed by atoms with van der Waals surface area (Å²) in [6, 6.07) is 3.38. The van der Waals surface area contributed by atoms with E-state index in [0.29, 0.717) is 17.9 Å². The summed E-state index contributed by atoms with van der Waals surface area (Å²) in [6.07, 6.45) is 1.59. The fourth-order valence-electron chi connectivity index (χ4n) is 2.43. The predicted molar refractivity (Wildman–Crippen MR) is 74.8 cm³/mol. The summed E-state index contributed by atoms with van der Waals surface area (Å²) >= 11 is 0. The van der Waals surface area contributed by atoms with Crippen LogP contribution in [0.1, 0.15) is 17.3 Å². The van der Waals surface area contributed by atoms with Gasteiger partial charge < -0.3 is 14.9 Å². The van der Waals surface area contributed by atoms with Crippen molar-refractivity contribution in [3.8, 4) is 0 Å². The van der Waals surface area contributed by atoms with Crippen LogP contribution >= 0.6 is 0 Å². The normalized spacial score (nSPS) is 21.9. The Hall–Kier alpha value is -2.11. The van der Waals surface area contributed by atoms with Crippen molar-refractivity contribution in [2.24, 2.45) is 11.8 Å². The van der Waals surface area contributed by atoms with Crippen LogP contribution in [0.5, 0.6) is 0 Å². The van der Waals surface area contributed by atoms with Gasteiger partial charge in [-0.25, -0.2) is 4.98 Å². The molecule has 108 valence electrons. The molecule has 6 heteroatoms. The van der Waals surface area contributed by atoms with Gasteiger partial charge in [-0.1, -0.05) is 6.92 Å². The number of hydrogen-bond acceptors (Lipinski definition) is 4. The van der Waals surface area contributed by atoms with Crippen molar-refractivity contribution in [1.82, 2.24) is 9.88 Å². The number of aromatic nitrogens is 1. The lowest BCUT2D eigenvalue weighted by Crippen LogP contribution is -2.30. The van der Waals surface area contributed by atoms with Crippen LogP contribution in [0.25, 0.3) is 0 Å². The first kappa shape index (κ1) is 14.3. The lowest BCUT2D eigenvalue weighted by atomic mass is 9.99. The zero-order chi connectivity index (χ0) is 14.9. The fraction of sp³-hybridized carbons (Fsp3) is 0.500. The summed E-state index contributed by atoms with van der Waals surface area (Å²) in [7, 11) is 3.71. The minimum absolute atomic E-state index is 0.0217. The molecule has 2 heterocycles. The summed E-state index contributed by atoms with van der Waals surface area (Å²) in [5.41, 5.74) is 0.543. The van der Waals surface area contributed by atoms with E-state index in [9.17, 15) is 9.59 Å². The second kappa shape index (κ2) is 5.48. The molecule has 0 aliphatic carbocycles. The average Bonchev–Trinajstić information content (AvgIpc) is 2.80. The van der Waals surface area contributed by atoms with Crippen LogP contribution in [0.4, 0.5) is 5.82 Å². The van der Waals surface area contributed by atoms with Crippen molar-refractivity contribution in [3.63, 3.8) is 0 Å². The van der Waals surface area contributed by atoms with Crippen molar-refractivity contribution >= 4 is 17.7 Å². The maximum Gasteiger partial charge on any atom is 0.308 e. The van der Waals surface area contributed by atoms with E-state index in [1.165, 1.54) is 0 Å². The van der Waals surface area contributed by atoms with Gasteiger partial charge in [0.05, 0.1) is 5.92 Å². The molecule has 1 N–H and O–H groups in total. The second-order valence-corrected chi connectivity index (χ2v) is 5.43. The van der Waals surface area contributed by atoms with E-state index in [0.717, 1.165) is 0 Å². The number of amides is 1. The van der Waals surface area contributed by atoms with E-state index >= 15 is 0 Å². The van der Waals surface area contributed by atoms with Crippen LogP contribution in [0.2, 0.25) is 0 Å². The zero-order valence-electron chi connectivity index (χ0n) is 11.9. The molecule has 0 aromatic carbocycles. The topological polar surface area (TPSA) is 73.7 Å². The van der Waals surface area contributed by atoms with E-state index in [1.54, 1.807) is 23.2 Å². The molecule has 1 aromatic rings. The number of carboxylic acid groups (broad SMARTS) is 1. The quantitative estimate of drug-likeness (QED) is 0.890. The van der Waals surface area contributed by atoms with Gasteiger partial charge in [0.1, 0.15) is 5.82 Å². The van der Waals surface area contributed by atoms with Crippen LogP contribution in [-0.2, 0) is 4.79 Å². The summed E-state index contributed by atoms with van der Waals surface area (Å²) in [6.45, 7) is 2.62. The third-order valence-corrected chi connectivity index (χ3v) is 3.67. The number of likely N-dealkylation sites (tertiary alicyclic amines) is 1. The van der Waals surface area contributed by atoms with Crippen LogP contribution in [0, 0.1) is 11.8 Å². The first-order valence-corrected chi connectivity index (χ1v) is 6.55. The predicted octanol–water partition coefficient (Wildman–Crippen LogP) is 0.940. The van der Waals surface area contributed by atoms with Crippen molar-refractivity contribution in [1.29, 1.82) is 0 Å². The van der Waals surface area contributed by atoms with Crippen LogP contribution in [-0.4, -0.2) is 54.1 Å². The van der Waals surface area contributed by atoms with Crippen LogP contribution in [0.3, 0.4) is 0 Å². The summed E-state index contributed by atoms with van der Waals surface area (Å²) in [5.74, 6) is -0.763. The summed E-state index contributed by atoms with van der Waals surface area (Å²) < 4.78 is 0. The lowest BCUT2D eigenvalue weighted by molar-refractivity contribution is -0.142. The first-order valence-electron chi connectivity index (χ1n) is 6.55. The maximum atomic E-state index is 12.4. The molecule has 0 spiro atoms. The highest BCUT2D eigenvalue weighted by atomic mass is 16.4. The third kappa shape index (κ3) is 2.74. The molecule has 1 fully saturated rings. The lowest BCUT2D eigenvalue weighted by Gasteiger charge is -2.17. The first-order chi connectivity index (χ1) is 9.40. The van der Waals surface area contributed by atoms with E-state index < -0.39 is 11.9 Å². The highest BCUT2D eigenvalue weighted by Gasteiger charge is 2.37. The largest absolute Gasteiger partial charge is 0.481 e. The molecule has 1 aliphatic rings. The molecule has 0 radical (unpaired) electrons. The van der Waals surface area contributed by atoms with Gasteiger partial charge in [-0.15, -0.1) is 0 Å². The zero-order valence-corrected chi connectivity index (χ0v) is 11.9. The van der Waals surface area contributed by atoms with E-state index in [2.05, 4.69) is 4.98 Å². The van der Waals surface area contributed by atoms with Gasteiger partial charge in [0.25, 0.3) is 5.91 Å². The number of carboxylic acids is 1. The fourth-order valence-corrected chi connectivity index (χ4v) is 2.43. The highest BCUT2D eigenvalue weighted by Crippen LogP contribution is 2.25. The molecule has 0 saturated carbocycles. The average molecular weight is 277 g/mol. The number of carbonyl (C=O) groups excluding carboxylic acids is 1. The minimum atomic E-state index is -0.837. The van der Waals surface area contributed by atoms with Gasteiger partial charge in [-0.05, 0) is 18.1 Å². The Kier molecular flexibility index (Phi) is 3.92. The van der Waals surface area contributed by atoms with Gasteiger partial charge in [0.15, 0.2) is 0 Å². The Morgan fingerprint density at radius 2 is 2.10 bits per heavy atom. The Morgan fingerprint density at radius 1 is 1.40 bits per heavy atom. The van der Waals surface area contributed by atoms with Crippen LogP contribution in [0.15, 0.2) is 18.3 Å². The summed E-state index contributed by atoms with van der Waals surface area (Å²) in [4.78, 5) is 31.1. The van der Waals surface area contributed by atoms with Crippen molar-refractivity contribution in [2.75, 3.05) is 32.1 Å². The second-order valence-electron chi connectivity index (χ2n) is 5.43. The minimum Gasteiger partial charge on any atom is -0.481 e. The molecule has 6 nitrogen and oxygen atoms in total. The molecular formula is C14H19N3O3. The number of aliphatic carboxylic acids is 1. The molecule has 2 rings (SSSR count). The SMILES string of the molecule is CC1CN(C(=O)c2ccnc(N(C)C)c2)CC1C(=O)O. The Labute approximate surface area is 118 Å². The number of nitrogens with zero attached hydrogens (tertiary/aromatic N) is 3. The molecule has 1 aliphatic heterocycles. The third-order valence-electron chi connectivity index (χ3n) is 3.67. The van der Waals surface area contributed by atoms with Crippen molar-refractivity contribution < 1.29 is 14.7 Å². The molecule has 2 atom stereocenters. The molecule has 1 aromatic heterocycles. The maximum absolute atomic E-state index is 12.4. The summed E-state index contributed by atoms with van der Waals surface area (Å²) in [5, 5.41) is 9.12. The number of carbonyl (C=O) groups is 2. The van der Waals surface area contributed by atoms with E-state index in [4.69, 9.17) is 5.11 Å². The van der Waals surface area contributed by atoms with Gasteiger partial charge in [-0.3, -0.25) is 9.59 Å². The standard InChI is InChI=1S/C14H19N3O3/c1-9-7-17(8-11(9)14(19)20)13(18)10-4-5-15-12(6-10)16(2)3/h4-6,9,11H,7-8H2,1-3H3,(H,19,20). The van der Waals surface area contributed by atoms with Gasteiger partial charge >= 0.3 is 5.97 Å². The van der Waals surface area contributed by atoms with E-state index in [1.807, 2.05) is 25.9 Å². The number of hydrogen-bond donors (Lipinski definition) is 1. The van der Waals surface area contributed by atoms with Crippen molar-refractivity contribution in [3.05, 3.63) is 23.9 Å². The Morgan fingerprint density at radius 3 is 2.65 bits per heavy atom. The highest BCUT2D eigenvalue weighted by molar-refractivity contribution is 5.95. The van der Waals surface area contributed by atoms with Crippen LogP contribution < -0.4 is 4.90 Å². The van der Waals surface area contributed by atoms with E-state index in [-0.39, 0.29) is 18.4 Å². The molecule has 2 unspecified atom stereocenters. The number of rotatable bonds is 3. The monoisotopic (exact) mass is 277 g/mol. The van der Waals surface area contributed by atoms with Gasteiger partial charge in [0, 0.05) is 38.9 Å². The number of pyridine rings is 1. The molecule has 1 amide bonds. The molecule has 20 heavy (non-hydrogen) atoms. The Bertz CT molecular complexity index is 530. The molecule has 0 bridgehead atoms. The number of anilines is 1. The molecule has 1 saturated heterocycles. The molecular weight excluding hydrogens is 258 g/mol. The Balaban J connectivity index is 2.16.